The number of amides is 1. The highest BCUT2D eigenvalue weighted by Crippen LogP contribution is 2.24. The molecule has 0 fully saturated rings. The van der Waals surface area contributed by atoms with Crippen LogP contribution in [0.4, 0.5) is 10.1 Å². The molecule has 0 unspecified atom stereocenters. The van der Waals surface area contributed by atoms with Crippen LogP contribution < -0.4 is 5.32 Å². The average molecular weight is 379 g/mol. The molecule has 4 aromatic rings. The van der Waals surface area contributed by atoms with Gasteiger partial charge in [0.1, 0.15) is 5.82 Å². The number of hydrogen-bond acceptors (Lipinski definition) is 5. The molecule has 0 aliphatic carbocycles. The number of halogens is 1. The molecule has 0 radical (unpaired) electrons. The zero-order valence-corrected chi connectivity index (χ0v) is 14.9. The van der Waals surface area contributed by atoms with Gasteiger partial charge in [0, 0.05) is 21.7 Å². The first-order valence-electron chi connectivity index (χ1n) is 8.20. The number of nitrogens with one attached hydrogen (secondary N) is 1. The highest BCUT2D eigenvalue weighted by molar-refractivity contribution is 7.10. The number of nitrogens with zero attached hydrogens (tertiary/aromatic N) is 2. The Morgan fingerprint density at radius 3 is 2.74 bits per heavy atom. The van der Waals surface area contributed by atoms with Gasteiger partial charge in [0.2, 0.25) is 11.7 Å². The van der Waals surface area contributed by atoms with Gasteiger partial charge in [-0.2, -0.15) is 4.98 Å². The van der Waals surface area contributed by atoms with Crippen LogP contribution in [0.25, 0.3) is 22.8 Å². The van der Waals surface area contributed by atoms with Crippen molar-refractivity contribution in [3.05, 3.63) is 76.7 Å². The van der Waals surface area contributed by atoms with Crippen molar-refractivity contribution in [2.75, 3.05) is 5.32 Å². The zero-order chi connectivity index (χ0) is 18.6. The number of rotatable bonds is 5. The second-order valence-electron chi connectivity index (χ2n) is 5.82. The fourth-order valence-corrected chi connectivity index (χ4v) is 3.30. The topological polar surface area (TPSA) is 68.0 Å². The van der Waals surface area contributed by atoms with Crippen LogP contribution in [0.15, 0.2) is 70.6 Å². The van der Waals surface area contributed by atoms with Crippen LogP contribution in [-0.2, 0) is 11.2 Å². The Hall–Kier alpha value is -3.32. The number of hydrogen-bond donors (Lipinski definition) is 1. The molecule has 0 saturated carbocycles. The number of aromatic nitrogens is 2. The highest BCUT2D eigenvalue weighted by Gasteiger charge is 2.12. The molecule has 0 spiro atoms. The Balaban J connectivity index is 1.52. The lowest BCUT2D eigenvalue weighted by Gasteiger charge is -2.05. The van der Waals surface area contributed by atoms with E-state index in [1.54, 1.807) is 41.7 Å². The third-order valence-electron chi connectivity index (χ3n) is 3.82. The van der Waals surface area contributed by atoms with Gasteiger partial charge in [-0.25, -0.2) is 4.39 Å². The maximum absolute atomic E-state index is 13.4. The van der Waals surface area contributed by atoms with Gasteiger partial charge in [0.05, 0.1) is 6.42 Å². The Labute approximate surface area is 158 Å². The Bertz CT molecular complexity index is 1080. The van der Waals surface area contributed by atoms with Crippen molar-refractivity contribution in [2.24, 2.45) is 0 Å². The maximum Gasteiger partial charge on any atom is 0.258 e. The van der Waals surface area contributed by atoms with E-state index in [1.165, 1.54) is 12.1 Å². The van der Waals surface area contributed by atoms with Crippen LogP contribution >= 0.6 is 11.3 Å². The minimum atomic E-state index is -0.372. The van der Waals surface area contributed by atoms with Gasteiger partial charge in [-0.3, -0.25) is 4.79 Å². The van der Waals surface area contributed by atoms with E-state index in [2.05, 4.69) is 15.5 Å². The minimum absolute atomic E-state index is 0.0943. The summed E-state index contributed by atoms with van der Waals surface area (Å²) in [4.78, 5) is 17.5. The van der Waals surface area contributed by atoms with Crippen LogP contribution in [-0.4, -0.2) is 16.0 Å². The summed E-state index contributed by atoms with van der Waals surface area (Å²) in [5, 5.41) is 8.76. The Morgan fingerprint density at radius 2 is 1.93 bits per heavy atom. The monoisotopic (exact) mass is 379 g/mol. The molecule has 7 heteroatoms. The molecule has 0 aliphatic heterocycles. The number of benzene rings is 2. The van der Waals surface area contributed by atoms with Crippen molar-refractivity contribution >= 4 is 22.9 Å². The number of carbonyl (C=O) groups excluding carboxylic acids is 1. The van der Waals surface area contributed by atoms with Crippen LogP contribution in [0.3, 0.4) is 0 Å². The zero-order valence-electron chi connectivity index (χ0n) is 14.1. The molecule has 1 amide bonds. The van der Waals surface area contributed by atoms with E-state index in [0.717, 1.165) is 4.88 Å². The molecule has 5 nitrogen and oxygen atoms in total. The lowest BCUT2D eigenvalue weighted by atomic mass is 10.2. The summed E-state index contributed by atoms with van der Waals surface area (Å²) < 4.78 is 18.6. The van der Waals surface area contributed by atoms with Crippen molar-refractivity contribution in [2.45, 2.75) is 6.42 Å². The lowest BCUT2D eigenvalue weighted by molar-refractivity contribution is -0.115. The number of thiophene rings is 1. The van der Waals surface area contributed by atoms with E-state index in [4.69, 9.17) is 4.52 Å². The van der Waals surface area contributed by atoms with Gasteiger partial charge in [0.25, 0.3) is 5.89 Å². The lowest BCUT2D eigenvalue weighted by Crippen LogP contribution is -2.13. The van der Waals surface area contributed by atoms with Crippen molar-refractivity contribution in [1.29, 1.82) is 0 Å². The average Bonchev–Trinajstić information content (AvgIpc) is 3.34. The van der Waals surface area contributed by atoms with E-state index in [0.29, 0.717) is 29.1 Å². The van der Waals surface area contributed by atoms with E-state index in [1.807, 2.05) is 23.6 Å². The molecule has 2 heterocycles. The summed E-state index contributed by atoms with van der Waals surface area (Å²) in [6, 6.07) is 17.0. The summed E-state index contributed by atoms with van der Waals surface area (Å²) >= 11 is 1.54. The van der Waals surface area contributed by atoms with Gasteiger partial charge in [0.15, 0.2) is 0 Å². The molecule has 4 rings (SSSR count). The summed E-state index contributed by atoms with van der Waals surface area (Å²) in [6.45, 7) is 0. The van der Waals surface area contributed by atoms with Gasteiger partial charge in [-0.05, 0) is 41.8 Å². The largest absolute Gasteiger partial charge is 0.334 e. The molecule has 0 saturated heterocycles. The van der Waals surface area contributed by atoms with Crippen molar-refractivity contribution in [1.82, 2.24) is 10.1 Å². The molecule has 1 N–H and O–H groups in total. The third kappa shape index (κ3) is 4.09. The first-order valence-corrected chi connectivity index (χ1v) is 9.08. The second-order valence-corrected chi connectivity index (χ2v) is 6.85. The van der Waals surface area contributed by atoms with Crippen LogP contribution in [0, 0.1) is 5.82 Å². The molecule has 2 aromatic carbocycles. The van der Waals surface area contributed by atoms with Gasteiger partial charge >= 0.3 is 0 Å². The molecular weight excluding hydrogens is 365 g/mol. The van der Waals surface area contributed by atoms with E-state index < -0.39 is 0 Å². The fourth-order valence-electron chi connectivity index (χ4n) is 2.59. The quantitative estimate of drug-likeness (QED) is 0.542. The van der Waals surface area contributed by atoms with Gasteiger partial charge in [-0.15, -0.1) is 11.3 Å². The predicted octanol–water partition coefficient (Wildman–Crippen LogP) is 4.79. The fraction of sp³-hybridized carbons (Fsp3) is 0.0500. The van der Waals surface area contributed by atoms with Crippen molar-refractivity contribution < 1.29 is 13.7 Å². The molecule has 134 valence electrons. The van der Waals surface area contributed by atoms with Crippen LogP contribution in [0.1, 0.15) is 4.88 Å². The first-order chi connectivity index (χ1) is 13.2. The van der Waals surface area contributed by atoms with Crippen molar-refractivity contribution in [3.63, 3.8) is 0 Å². The van der Waals surface area contributed by atoms with Crippen molar-refractivity contribution in [3.8, 4) is 22.8 Å². The van der Waals surface area contributed by atoms with E-state index in [-0.39, 0.29) is 17.6 Å². The molecule has 2 aromatic heterocycles. The summed E-state index contributed by atoms with van der Waals surface area (Å²) in [6.07, 6.45) is 0.327. The summed E-state index contributed by atoms with van der Waals surface area (Å²) in [5.74, 6) is 0.131. The van der Waals surface area contributed by atoms with Gasteiger partial charge in [-0.1, -0.05) is 29.4 Å². The number of carbonyl (C=O) groups is 1. The standard InChI is InChI=1S/C20H14FN3O2S/c21-15-6-1-5-14(10-15)20-23-19(24-26-20)13-4-2-7-16(11-13)22-18(25)12-17-8-3-9-27-17/h1-11H,12H2,(H,22,25). The second kappa shape index (κ2) is 7.51. The smallest absolute Gasteiger partial charge is 0.258 e. The Morgan fingerprint density at radius 1 is 1.07 bits per heavy atom. The van der Waals surface area contributed by atoms with Crippen LogP contribution in [0.2, 0.25) is 0 Å². The summed E-state index contributed by atoms with van der Waals surface area (Å²) in [7, 11) is 0. The van der Waals surface area contributed by atoms with E-state index in [9.17, 15) is 9.18 Å². The predicted molar refractivity (Wildman–Crippen MR) is 102 cm³/mol. The maximum atomic E-state index is 13.4. The molecule has 0 atom stereocenters. The number of anilines is 1. The van der Waals surface area contributed by atoms with Crippen LogP contribution in [0.5, 0.6) is 0 Å². The molecule has 0 aliphatic rings. The first kappa shape index (κ1) is 17.1. The third-order valence-corrected chi connectivity index (χ3v) is 4.69. The SMILES string of the molecule is O=C(Cc1cccs1)Nc1cccc(-c2noc(-c3cccc(F)c3)n2)c1. The molecule has 27 heavy (non-hydrogen) atoms. The molecular formula is C20H14FN3O2S. The minimum Gasteiger partial charge on any atom is -0.334 e. The van der Waals surface area contributed by atoms with E-state index >= 15 is 0 Å². The normalized spacial score (nSPS) is 10.7. The van der Waals surface area contributed by atoms with Gasteiger partial charge < -0.3 is 9.84 Å². The Kier molecular flexibility index (Phi) is 4.76. The molecule has 0 bridgehead atoms. The summed E-state index contributed by atoms with van der Waals surface area (Å²) in [5.41, 5.74) is 1.84. The highest BCUT2D eigenvalue weighted by atomic mass is 32.1.